The number of aromatic carboxylic acids is 1. The number of unbranched alkanes of at least 4 members (excludes halogenated alkanes) is 1. The summed E-state index contributed by atoms with van der Waals surface area (Å²) >= 11 is 6.33. The Morgan fingerprint density at radius 2 is 1.73 bits per heavy atom. The van der Waals surface area contributed by atoms with E-state index in [2.05, 4.69) is 55.6 Å². The van der Waals surface area contributed by atoms with Gasteiger partial charge in [0.15, 0.2) is 5.15 Å². The number of halogens is 1. The van der Waals surface area contributed by atoms with Crippen molar-refractivity contribution in [3.8, 4) is 22.5 Å². The Balaban J connectivity index is 0.000000265. The molecule has 5 aromatic rings. The van der Waals surface area contributed by atoms with Gasteiger partial charge < -0.3 is 19.6 Å². The third kappa shape index (κ3) is 8.02. The molecule has 14 heteroatoms. The van der Waals surface area contributed by atoms with Crippen LogP contribution in [0.25, 0.3) is 22.5 Å². The quantitative estimate of drug-likeness (QED) is 0.121. The molecule has 0 spiro atoms. The van der Waals surface area contributed by atoms with Gasteiger partial charge in [-0.2, -0.15) is 5.21 Å². The number of hydrogen-bond acceptors (Lipinski definition) is 9. The number of carboxylic acid groups (broad SMARTS) is 1. The van der Waals surface area contributed by atoms with E-state index in [0.717, 1.165) is 47.3 Å². The molecule has 0 aliphatic heterocycles. The number of rotatable bonds is 12. The second-order valence-electron chi connectivity index (χ2n) is 9.55. The number of carbonyl (C=O) groups is 1. The number of aliphatic hydroxyl groups is 1. The van der Waals surface area contributed by atoms with Gasteiger partial charge in [-0.05, 0) is 46.0 Å². The van der Waals surface area contributed by atoms with Gasteiger partial charge in [0.1, 0.15) is 12.4 Å². The first-order chi connectivity index (χ1) is 21.3. The number of aliphatic hydroxyl groups excluding tert-OH is 1. The van der Waals surface area contributed by atoms with Crippen LogP contribution < -0.4 is 0 Å². The van der Waals surface area contributed by atoms with E-state index in [-0.39, 0.29) is 18.8 Å². The van der Waals surface area contributed by atoms with Gasteiger partial charge in [-0.15, -0.1) is 20.3 Å². The highest BCUT2D eigenvalue weighted by Crippen LogP contribution is 2.33. The van der Waals surface area contributed by atoms with Crippen molar-refractivity contribution < 1.29 is 24.9 Å². The minimum atomic E-state index is -1.04. The third-order valence-electron chi connectivity index (χ3n) is 6.69. The Kier molecular flexibility index (Phi) is 11.1. The van der Waals surface area contributed by atoms with E-state index in [0.29, 0.717) is 28.8 Å². The summed E-state index contributed by atoms with van der Waals surface area (Å²) in [5, 5.41) is 42.3. The Morgan fingerprint density at radius 3 is 2.34 bits per heavy atom. The number of aromatic nitrogens is 6. The van der Waals surface area contributed by atoms with Crippen LogP contribution in [0.15, 0.2) is 72.8 Å². The number of carboxylic acids is 1. The predicted octanol–water partition coefficient (Wildman–Crippen LogP) is 5.36. The lowest BCUT2D eigenvalue weighted by Crippen LogP contribution is -2.10. The first kappa shape index (κ1) is 31.8. The number of aryl methyl sites for hydroxylation is 1. The van der Waals surface area contributed by atoms with E-state index in [9.17, 15) is 20.0 Å². The highest BCUT2D eigenvalue weighted by Gasteiger charge is 2.18. The van der Waals surface area contributed by atoms with Crippen molar-refractivity contribution in [2.24, 2.45) is 0 Å². The van der Waals surface area contributed by atoms with Crippen LogP contribution in [-0.4, -0.2) is 51.4 Å². The normalized spacial score (nSPS) is 10.6. The van der Waals surface area contributed by atoms with E-state index >= 15 is 0 Å². The number of imidazole rings is 1. The minimum absolute atomic E-state index is 0.134. The summed E-state index contributed by atoms with van der Waals surface area (Å²) < 4.78 is 2.04. The minimum Gasteiger partial charge on any atom is -0.478 e. The van der Waals surface area contributed by atoms with Crippen LogP contribution in [0.5, 0.6) is 0 Å². The molecule has 3 aromatic carbocycles. The number of tetrazole rings is 1. The molecule has 2 aromatic heterocycles. The van der Waals surface area contributed by atoms with Crippen molar-refractivity contribution in [1.82, 2.24) is 30.2 Å². The fraction of sp³-hybridized carbons (Fsp3) is 0.233. The zero-order valence-corrected chi connectivity index (χ0v) is 24.5. The van der Waals surface area contributed by atoms with E-state index in [1.54, 1.807) is 0 Å². The maximum Gasteiger partial charge on any atom is 0.335 e. The summed E-state index contributed by atoms with van der Waals surface area (Å²) in [5.41, 5.74) is 5.39. The second kappa shape index (κ2) is 15.4. The fourth-order valence-corrected chi connectivity index (χ4v) is 4.78. The summed E-state index contributed by atoms with van der Waals surface area (Å²) in [7, 11) is 0. The van der Waals surface area contributed by atoms with E-state index < -0.39 is 11.1 Å². The third-order valence-corrected chi connectivity index (χ3v) is 7.00. The first-order valence-electron chi connectivity index (χ1n) is 13.7. The molecule has 5 rings (SSSR count). The maximum absolute atomic E-state index is 10.4. The summed E-state index contributed by atoms with van der Waals surface area (Å²) in [5.74, 6) is 0.407. The van der Waals surface area contributed by atoms with Crippen molar-refractivity contribution in [3.05, 3.63) is 116 Å². The number of aromatic amines is 1. The standard InChI is InChI=1S/C22H23ClN6O.C8H7NO5/c1-2-3-12-20-24-21(23)19(14-30)29(20)13-15-8-4-5-9-16(15)17-10-6-7-11-18(17)22-25-27-28-26-22;10-8(11)7-3-1-6(2-4-7)5-14-9(12)13/h4-11,30H,2-3,12-14H2,1H3,(H,25,26,27,28);1-4H,5H2,(H,10,11). The lowest BCUT2D eigenvalue weighted by Gasteiger charge is -2.16. The number of nitrogens with one attached hydrogen (secondary N) is 1. The summed E-state index contributed by atoms with van der Waals surface area (Å²) in [6.45, 7) is 2.38. The average molecular weight is 620 g/mol. The van der Waals surface area contributed by atoms with Crippen molar-refractivity contribution in [1.29, 1.82) is 0 Å². The first-order valence-corrected chi connectivity index (χ1v) is 14.0. The molecule has 0 radical (unpaired) electrons. The van der Waals surface area contributed by atoms with Crippen LogP contribution in [0.2, 0.25) is 5.15 Å². The highest BCUT2D eigenvalue weighted by molar-refractivity contribution is 6.30. The van der Waals surface area contributed by atoms with Crippen molar-refractivity contribution >= 4 is 17.6 Å². The van der Waals surface area contributed by atoms with Crippen LogP contribution in [0.3, 0.4) is 0 Å². The van der Waals surface area contributed by atoms with Crippen LogP contribution >= 0.6 is 11.6 Å². The van der Waals surface area contributed by atoms with E-state index in [1.165, 1.54) is 24.3 Å². The molecule has 0 unspecified atom stereocenters. The van der Waals surface area contributed by atoms with Gasteiger partial charge in [0.25, 0.3) is 5.09 Å². The van der Waals surface area contributed by atoms with Crippen molar-refractivity contribution in [3.63, 3.8) is 0 Å². The fourth-order valence-electron chi connectivity index (χ4n) is 4.52. The smallest absolute Gasteiger partial charge is 0.335 e. The van der Waals surface area contributed by atoms with Crippen molar-refractivity contribution in [2.45, 2.75) is 45.9 Å². The van der Waals surface area contributed by atoms with Gasteiger partial charge in [-0.25, -0.2) is 9.78 Å². The molecule has 13 nitrogen and oxygen atoms in total. The Bertz CT molecular complexity index is 1690. The monoisotopic (exact) mass is 619 g/mol. The van der Waals surface area contributed by atoms with Crippen molar-refractivity contribution in [2.75, 3.05) is 0 Å². The molecular formula is C30H30ClN7O6. The summed E-state index contributed by atoms with van der Waals surface area (Å²) in [4.78, 5) is 28.9. The van der Waals surface area contributed by atoms with Gasteiger partial charge in [0.05, 0.1) is 17.9 Å². The topological polar surface area (TPSA) is 182 Å². The van der Waals surface area contributed by atoms with Crippen LogP contribution in [-0.2, 0) is 31.0 Å². The van der Waals surface area contributed by atoms with E-state index in [1.807, 2.05) is 34.9 Å². The predicted molar refractivity (Wildman–Crippen MR) is 161 cm³/mol. The molecule has 0 fully saturated rings. The van der Waals surface area contributed by atoms with Gasteiger partial charge >= 0.3 is 5.97 Å². The van der Waals surface area contributed by atoms with Gasteiger partial charge in [0, 0.05) is 18.5 Å². The molecule has 0 atom stereocenters. The largest absolute Gasteiger partial charge is 0.478 e. The number of benzene rings is 3. The van der Waals surface area contributed by atoms with Gasteiger partial charge in [-0.1, -0.05) is 85.6 Å². The zero-order chi connectivity index (χ0) is 31.5. The lowest BCUT2D eigenvalue weighted by atomic mass is 9.95. The molecule has 0 bridgehead atoms. The van der Waals surface area contributed by atoms with Gasteiger partial charge in [-0.3, -0.25) is 0 Å². The Hall–Kier alpha value is -5.14. The van der Waals surface area contributed by atoms with Crippen LogP contribution in [0.1, 0.15) is 52.8 Å². The molecule has 228 valence electrons. The van der Waals surface area contributed by atoms with Crippen LogP contribution in [0.4, 0.5) is 0 Å². The number of H-pyrrole nitrogens is 1. The number of hydrogen-bond donors (Lipinski definition) is 3. The Labute approximate surface area is 257 Å². The molecule has 0 saturated carbocycles. The molecule has 44 heavy (non-hydrogen) atoms. The molecule has 0 aliphatic carbocycles. The SMILES string of the molecule is CCCCc1nc(Cl)c(CO)n1Cc1ccccc1-c1ccccc1-c1nn[nH]n1.O=C(O)c1ccc(CO[N+](=O)[O-])cc1. The molecule has 0 amide bonds. The molecular weight excluding hydrogens is 590 g/mol. The zero-order valence-electron chi connectivity index (χ0n) is 23.8. The summed E-state index contributed by atoms with van der Waals surface area (Å²) in [6, 6.07) is 21.8. The second-order valence-corrected chi connectivity index (χ2v) is 9.91. The van der Waals surface area contributed by atoms with E-state index in [4.69, 9.17) is 16.7 Å². The number of nitrogens with zero attached hydrogens (tertiary/aromatic N) is 6. The molecule has 3 N–H and O–H groups in total. The van der Waals surface area contributed by atoms with Crippen LogP contribution in [0, 0.1) is 10.1 Å². The molecule has 0 aliphatic rings. The Morgan fingerprint density at radius 1 is 1.05 bits per heavy atom. The molecule has 2 heterocycles. The molecule has 0 saturated heterocycles. The summed E-state index contributed by atoms with van der Waals surface area (Å²) in [6.07, 6.45) is 2.89. The highest BCUT2D eigenvalue weighted by atomic mass is 35.5. The average Bonchev–Trinajstić information content (AvgIpc) is 3.67. The lowest BCUT2D eigenvalue weighted by molar-refractivity contribution is -0.763. The maximum atomic E-state index is 10.4. The van der Waals surface area contributed by atoms with Gasteiger partial charge in [0.2, 0.25) is 5.82 Å².